The smallest absolute Gasteiger partial charge is 0.0570 e. The maximum absolute atomic E-state index is 4.03. The molecule has 2 heterocycles. The lowest BCUT2D eigenvalue weighted by atomic mass is 9.95. The van der Waals surface area contributed by atoms with E-state index in [9.17, 15) is 0 Å². The van der Waals surface area contributed by atoms with Crippen molar-refractivity contribution in [3.05, 3.63) is 12.3 Å². The lowest BCUT2D eigenvalue weighted by molar-refractivity contribution is 0.00913. The molecule has 0 saturated carbocycles. The van der Waals surface area contributed by atoms with Gasteiger partial charge in [-0.1, -0.05) is 6.58 Å². The lowest BCUT2D eigenvalue weighted by Crippen LogP contribution is -2.63. The fourth-order valence-corrected chi connectivity index (χ4v) is 2.73. The first-order valence-electron chi connectivity index (χ1n) is 5.29. The van der Waals surface area contributed by atoms with E-state index in [1.165, 1.54) is 25.2 Å². The van der Waals surface area contributed by atoms with Crippen LogP contribution in [0, 0.1) is 0 Å². The van der Waals surface area contributed by atoms with Crippen LogP contribution in [0.25, 0.3) is 0 Å². The van der Waals surface area contributed by atoms with Crippen molar-refractivity contribution < 1.29 is 0 Å². The largest absolute Gasteiger partial charge is 0.370 e. The summed E-state index contributed by atoms with van der Waals surface area (Å²) in [4.78, 5) is 5.08. The van der Waals surface area contributed by atoms with Crippen LogP contribution in [0.2, 0.25) is 0 Å². The summed E-state index contributed by atoms with van der Waals surface area (Å²) in [5, 5.41) is 0. The van der Waals surface area contributed by atoms with E-state index in [2.05, 4.69) is 37.1 Å². The molecule has 2 aliphatic rings. The Kier molecular flexibility index (Phi) is 2.11. The predicted octanol–water partition coefficient (Wildman–Crippen LogP) is 1.69. The third-order valence-electron chi connectivity index (χ3n) is 3.49. The van der Waals surface area contributed by atoms with Crippen molar-refractivity contribution >= 4 is 0 Å². The second-order valence-corrected chi connectivity index (χ2v) is 4.64. The van der Waals surface area contributed by atoms with Crippen LogP contribution in [0.3, 0.4) is 0 Å². The molecule has 13 heavy (non-hydrogen) atoms. The van der Waals surface area contributed by atoms with Crippen molar-refractivity contribution in [1.29, 1.82) is 0 Å². The third-order valence-corrected chi connectivity index (χ3v) is 3.49. The van der Waals surface area contributed by atoms with Crippen LogP contribution >= 0.6 is 0 Å². The van der Waals surface area contributed by atoms with E-state index in [1.807, 2.05) is 0 Å². The summed E-state index contributed by atoms with van der Waals surface area (Å²) in [5.41, 5.74) is 1.25. The van der Waals surface area contributed by atoms with Crippen molar-refractivity contribution in [2.45, 2.75) is 45.3 Å². The number of hydrogen-bond acceptors (Lipinski definition) is 2. The summed E-state index contributed by atoms with van der Waals surface area (Å²) >= 11 is 0. The Balaban J connectivity index is 1.99. The first-order chi connectivity index (χ1) is 6.11. The highest BCUT2D eigenvalue weighted by atomic mass is 15.4. The Morgan fingerprint density at radius 2 is 2.08 bits per heavy atom. The molecule has 0 N–H and O–H groups in total. The molecular formula is C11H20N2. The van der Waals surface area contributed by atoms with Crippen LogP contribution in [0.4, 0.5) is 0 Å². The topological polar surface area (TPSA) is 6.48 Å². The Hall–Kier alpha value is -0.500. The van der Waals surface area contributed by atoms with Gasteiger partial charge in [-0.15, -0.1) is 0 Å². The maximum Gasteiger partial charge on any atom is 0.0570 e. The van der Waals surface area contributed by atoms with Crippen molar-refractivity contribution in [3.8, 4) is 0 Å². The van der Waals surface area contributed by atoms with E-state index in [0.29, 0.717) is 6.04 Å². The number of fused-ring (bicyclic) bond motifs is 1. The normalized spacial score (nSPS) is 33.4. The molecule has 2 fully saturated rings. The molecule has 0 aromatic rings. The molecule has 2 nitrogen and oxygen atoms in total. The standard InChI is InChI=1S/C11H20N2/c1-8(2)12-6-5-10-11(12)7-13(10)9(3)4/h9-11H,1,5-7H2,2-4H3. The Morgan fingerprint density at radius 3 is 2.62 bits per heavy atom. The first kappa shape index (κ1) is 9.07. The SMILES string of the molecule is C=C(C)N1CCC2C1CN2C(C)C. The molecule has 0 aromatic carbocycles. The van der Waals surface area contributed by atoms with Gasteiger partial charge in [-0.25, -0.2) is 0 Å². The Morgan fingerprint density at radius 1 is 1.38 bits per heavy atom. The van der Waals surface area contributed by atoms with Gasteiger partial charge >= 0.3 is 0 Å². The monoisotopic (exact) mass is 180 g/mol. The van der Waals surface area contributed by atoms with Crippen molar-refractivity contribution in [2.24, 2.45) is 0 Å². The summed E-state index contributed by atoms with van der Waals surface area (Å²) in [6.45, 7) is 13.2. The van der Waals surface area contributed by atoms with Crippen molar-refractivity contribution in [1.82, 2.24) is 9.80 Å². The van der Waals surface area contributed by atoms with E-state index in [4.69, 9.17) is 0 Å². The van der Waals surface area contributed by atoms with Crippen LogP contribution in [-0.4, -0.2) is 41.0 Å². The minimum absolute atomic E-state index is 0.714. The average Bonchev–Trinajstić information content (AvgIpc) is 2.27. The molecule has 0 bridgehead atoms. The van der Waals surface area contributed by atoms with Gasteiger partial charge in [-0.2, -0.15) is 0 Å². The van der Waals surface area contributed by atoms with Gasteiger partial charge in [0.15, 0.2) is 0 Å². The molecule has 2 saturated heterocycles. The molecule has 2 unspecified atom stereocenters. The number of rotatable bonds is 2. The summed E-state index contributed by atoms with van der Waals surface area (Å²) in [6.07, 6.45) is 1.33. The van der Waals surface area contributed by atoms with E-state index in [1.54, 1.807) is 0 Å². The van der Waals surface area contributed by atoms with Gasteiger partial charge in [0, 0.05) is 30.9 Å². The van der Waals surface area contributed by atoms with Crippen molar-refractivity contribution in [2.75, 3.05) is 13.1 Å². The Labute approximate surface area is 81.2 Å². The average molecular weight is 180 g/mol. The zero-order valence-electron chi connectivity index (χ0n) is 8.95. The predicted molar refractivity (Wildman–Crippen MR) is 55.6 cm³/mol. The van der Waals surface area contributed by atoms with Gasteiger partial charge in [-0.3, -0.25) is 4.90 Å². The Bertz CT molecular complexity index is 222. The minimum atomic E-state index is 0.714. The molecule has 0 radical (unpaired) electrons. The van der Waals surface area contributed by atoms with Crippen LogP contribution in [-0.2, 0) is 0 Å². The van der Waals surface area contributed by atoms with Gasteiger partial charge in [-0.05, 0) is 27.2 Å². The highest BCUT2D eigenvalue weighted by Gasteiger charge is 2.47. The molecule has 2 rings (SSSR count). The zero-order chi connectivity index (χ0) is 9.59. The molecule has 0 aliphatic carbocycles. The molecular weight excluding hydrogens is 160 g/mol. The van der Waals surface area contributed by atoms with Gasteiger partial charge < -0.3 is 4.90 Å². The zero-order valence-corrected chi connectivity index (χ0v) is 8.95. The van der Waals surface area contributed by atoms with E-state index in [0.717, 1.165) is 12.1 Å². The van der Waals surface area contributed by atoms with E-state index < -0.39 is 0 Å². The molecule has 74 valence electrons. The fraction of sp³-hybridized carbons (Fsp3) is 0.818. The lowest BCUT2D eigenvalue weighted by Gasteiger charge is -2.49. The summed E-state index contributed by atoms with van der Waals surface area (Å²) in [5.74, 6) is 0. The molecule has 2 atom stereocenters. The minimum Gasteiger partial charge on any atom is -0.370 e. The number of allylic oxidation sites excluding steroid dienone is 1. The molecule has 2 aliphatic heterocycles. The highest BCUT2D eigenvalue weighted by molar-refractivity contribution is 5.10. The molecule has 0 aromatic heterocycles. The second kappa shape index (κ2) is 3.02. The van der Waals surface area contributed by atoms with Gasteiger partial charge in [0.1, 0.15) is 0 Å². The summed E-state index contributed by atoms with van der Waals surface area (Å²) in [6, 6.07) is 2.31. The van der Waals surface area contributed by atoms with Crippen LogP contribution < -0.4 is 0 Å². The number of nitrogens with zero attached hydrogens (tertiary/aromatic N) is 2. The van der Waals surface area contributed by atoms with Crippen LogP contribution in [0.1, 0.15) is 27.2 Å². The van der Waals surface area contributed by atoms with Crippen molar-refractivity contribution in [3.63, 3.8) is 0 Å². The van der Waals surface area contributed by atoms with E-state index >= 15 is 0 Å². The molecule has 0 spiro atoms. The quantitative estimate of drug-likeness (QED) is 0.638. The number of hydrogen-bond donors (Lipinski definition) is 0. The summed E-state index contributed by atoms with van der Waals surface area (Å²) in [7, 11) is 0. The van der Waals surface area contributed by atoms with Crippen LogP contribution in [0.5, 0.6) is 0 Å². The third kappa shape index (κ3) is 1.28. The highest BCUT2D eigenvalue weighted by Crippen LogP contribution is 2.35. The number of likely N-dealkylation sites (tertiary alicyclic amines) is 2. The van der Waals surface area contributed by atoms with E-state index in [-0.39, 0.29) is 0 Å². The van der Waals surface area contributed by atoms with Gasteiger partial charge in [0.25, 0.3) is 0 Å². The fourth-order valence-electron chi connectivity index (χ4n) is 2.73. The van der Waals surface area contributed by atoms with Gasteiger partial charge in [0.05, 0.1) is 6.04 Å². The van der Waals surface area contributed by atoms with Gasteiger partial charge in [0.2, 0.25) is 0 Å². The maximum atomic E-state index is 4.03. The first-order valence-corrected chi connectivity index (χ1v) is 5.29. The molecule has 2 heteroatoms. The summed E-state index contributed by atoms with van der Waals surface area (Å²) < 4.78 is 0. The second-order valence-electron chi connectivity index (χ2n) is 4.64. The molecule has 0 amide bonds. The van der Waals surface area contributed by atoms with Crippen LogP contribution in [0.15, 0.2) is 12.3 Å².